The first-order valence-electron chi connectivity index (χ1n) is 13.2. The number of amides is 1. The van der Waals surface area contributed by atoms with Crippen LogP contribution in [0.4, 0.5) is 24.1 Å². The highest BCUT2D eigenvalue weighted by atomic mass is 32.1. The van der Waals surface area contributed by atoms with E-state index in [4.69, 9.17) is 5.11 Å². The Morgan fingerprint density at radius 2 is 1.98 bits per heavy atom. The second kappa shape index (κ2) is 13.4. The van der Waals surface area contributed by atoms with Crippen molar-refractivity contribution < 1.29 is 27.9 Å². The predicted octanol–water partition coefficient (Wildman–Crippen LogP) is 4.64. The molecular formula is C27H32F3N7O3S. The zero-order valence-electron chi connectivity index (χ0n) is 22.7. The third-order valence-corrected chi connectivity index (χ3v) is 7.74. The number of benzene rings is 1. The van der Waals surface area contributed by atoms with Gasteiger partial charge in [0.1, 0.15) is 11.5 Å². The van der Waals surface area contributed by atoms with Crippen molar-refractivity contribution in [2.75, 3.05) is 36.8 Å². The molecule has 1 aliphatic heterocycles. The van der Waals surface area contributed by atoms with Crippen LogP contribution in [-0.2, 0) is 17.5 Å². The molecule has 41 heavy (non-hydrogen) atoms. The number of carboxylic acids is 1. The van der Waals surface area contributed by atoms with E-state index in [2.05, 4.69) is 42.7 Å². The Labute approximate surface area is 239 Å². The summed E-state index contributed by atoms with van der Waals surface area (Å²) >= 11 is 1.24. The van der Waals surface area contributed by atoms with Crippen LogP contribution in [0.15, 0.2) is 30.6 Å². The summed E-state index contributed by atoms with van der Waals surface area (Å²) in [6.45, 7) is 6.31. The average molecular weight is 592 g/mol. The first-order valence-corrected chi connectivity index (χ1v) is 14.0. The molecule has 0 bridgehead atoms. The molecule has 10 nitrogen and oxygen atoms in total. The molecule has 1 amide bonds. The number of aryl methyl sites for hydroxylation is 1. The van der Waals surface area contributed by atoms with Gasteiger partial charge in [-0.1, -0.05) is 23.5 Å². The minimum absolute atomic E-state index is 0.0304. The van der Waals surface area contributed by atoms with Crippen molar-refractivity contribution in [1.29, 1.82) is 0 Å². The second-order valence-corrected chi connectivity index (χ2v) is 10.9. The molecule has 1 aromatic carbocycles. The summed E-state index contributed by atoms with van der Waals surface area (Å²) in [4.78, 5) is 39.4. The van der Waals surface area contributed by atoms with Crippen LogP contribution in [0, 0.1) is 6.92 Å². The third-order valence-electron chi connectivity index (χ3n) is 6.78. The van der Waals surface area contributed by atoms with Gasteiger partial charge < -0.3 is 15.7 Å². The Morgan fingerprint density at radius 1 is 1.17 bits per heavy atom. The maximum Gasteiger partial charge on any atom is 0.416 e. The number of carbonyl (C=O) groups excluding carboxylic acids is 1. The smallest absolute Gasteiger partial charge is 0.416 e. The number of likely N-dealkylation sites (tertiary alicyclic amines) is 1. The number of rotatable bonds is 12. The van der Waals surface area contributed by atoms with E-state index in [1.165, 1.54) is 36.7 Å². The lowest BCUT2D eigenvalue weighted by molar-refractivity contribution is -0.138. The topological polar surface area (TPSA) is 132 Å². The van der Waals surface area contributed by atoms with Gasteiger partial charge in [0.05, 0.1) is 30.1 Å². The van der Waals surface area contributed by atoms with E-state index in [1.807, 2.05) is 0 Å². The third kappa shape index (κ3) is 8.21. The van der Waals surface area contributed by atoms with Gasteiger partial charge in [-0.3, -0.25) is 19.8 Å². The monoisotopic (exact) mass is 591 g/mol. The zero-order chi connectivity index (χ0) is 29.6. The number of anilines is 2. The molecule has 3 aromatic rings. The SMILES string of the molecule is Cc1ccc(-c2nc(NC(=O)c3cnc(NCCNCCC(=O)O)cn3)sc2CN2CCC[C@H]2C)cc1C(F)(F)F. The van der Waals surface area contributed by atoms with Crippen molar-refractivity contribution in [3.05, 3.63) is 52.3 Å². The van der Waals surface area contributed by atoms with Gasteiger partial charge in [0, 0.05) is 42.7 Å². The van der Waals surface area contributed by atoms with Crippen LogP contribution in [0.1, 0.15) is 52.7 Å². The van der Waals surface area contributed by atoms with Gasteiger partial charge in [0.2, 0.25) is 0 Å². The summed E-state index contributed by atoms with van der Waals surface area (Å²) in [6, 6.07) is 4.52. The van der Waals surface area contributed by atoms with Crippen LogP contribution < -0.4 is 16.0 Å². The molecule has 4 N–H and O–H groups in total. The Balaban J connectivity index is 1.47. The highest BCUT2D eigenvalue weighted by molar-refractivity contribution is 7.16. The van der Waals surface area contributed by atoms with E-state index in [9.17, 15) is 22.8 Å². The summed E-state index contributed by atoms with van der Waals surface area (Å²) in [5, 5.41) is 17.6. The van der Waals surface area contributed by atoms with Crippen molar-refractivity contribution in [2.45, 2.75) is 51.9 Å². The molecule has 1 aliphatic rings. The van der Waals surface area contributed by atoms with Gasteiger partial charge in [-0.05, 0) is 44.9 Å². The summed E-state index contributed by atoms with van der Waals surface area (Å²) in [5.74, 6) is -0.969. The minimum Gasteiger partial charge on any atom is -0.481 e. The normalized spacial score (nSPS) is 15.7. The number of hydrogen-bond donors (Lipinski definition) is 4. The molecule has 1 atom stereocenters. The van der Waals surface area contributed by atoms with E-state index in [1.54, 1.807) is 6.07 Å². The summed E-state index contributed by atoms with van der Waals surface area (Å²) < 4.78 is 40.9. The number of nitrogens with one attached hydrogen (secondary N) is 3. The Kier molecular flexibility index (Phi) is 9.89. The number of aliphatic carboxylic acids is 1. The number of carbonyl (C=O) groups is 2. The molecule has 1 saturated heterocycles. The second-order valence-electron chi connectivity index (χ2n) is 9.84. The molecule has 1 fully saturated rings. The number of alkyl halides is 3. The van der Waals surface area contributed by atoms with Crippen molar-refractivity contribution in [3.8, 4) is 11.3 Å². The van der Waals surface area contributed by atoms with E-state index < -0.39 is 23.6 Å². The lowest BCUT2D eigenvalue weighted by Crippen LogP contribution is -2.25. The fourth-order valence-electron chi connectivity index (χ4n) is 4.52. The van der Waals surface area contributed by atoms with Crippen LogP contribution in [0.3, 0.4) is 0 Å². The van der Waals surface area contributed by atoms with Crippen molar-refractivity contribution in [2.24, 2.45) is 0 Å². The van der Waals surface area contributed by atoms with Gasteiger partial charge in [0.25, 0.3) is 5.91 Å². The molecule has 3 heterocycles. The fraction of sp³-hybridized carbons (Fsp3) is 0.444. The maximum atomic E-state index is 13.6. The summed E-state index contributed by atoms with van der Waals surface area (Å²) in [7, 11) is 0. The number of carboxylic acid groups (broad SMARTS) is 1. The molecule has 4 rings (SSSR count). The van der Waals surface area contributed by atoms with Crippen LogP contribution in [0.5, 0.6) is 0 Å². The van der Waals surface area contributed by atoms with Crippen LogP contribution in [0.25, 0.3) is 11.3 Å². The quantitative estimate of drug-likeness (QED) is 0.222. The van der Waals surface area contributed by atoms with Gasteiger partial charge >= 0.3 is 12.1 Å². The van der Waals surface area contributed by atoms with E-state index >= 15 is 0 Å². The standard InChI is InChI=1S/C27H32F3N7O3S/c1-16-5-6-18(12-19(16)27(28,29)30)24-21(15-37-11-3-4-17(37)2)41-26(35-24)36-25(40)20-13-34-22(14-33-20)32-10-9-31-8-7-23(38)39/h5-6,12-14,17,31H,3-4,7-11,15H2,1-2H3,(H,32,34)(H,38,39)(H,35,36,40)/t17-/m1/s1. The number of thiazole rings is 1. The predicted molar refractivity (Wildman–Crippen MR) is 150 cm³/mol. The maximum absolute atomic E-state index is 13.6. The number of aromatic nitrogens is 3. The lowest BCUT2D eigenvalue weighted by atomic mass is 10.0. The van der Waals surface area contributed by atoms with Crippen molar-refractivity contribution in [3.63, 3.8) is 0 Å². The molecule has 0 saturated carbocycles. The molecule has 0 unspecified atom stereocenters. The summed E-state index contributed by atoms with van der Waals surface area (Å²) in [6.07, 6.45) is 0.352. The van der Waals surface area contributed by atoms with Gasteiger partial charge in [0.15, 0.2) is 5.13 Å². The van der Waals surface area contributed by atoms with E-state index in [0.717, 1.165) is 30.3 Å². The molecular weight excluding hydrogens is 559 g/mol. The van der Waals surface area contributed by atoms with Crippen molar-refractivity contribution >= 4 is 34.2 Å². The van der Waals surface area contributed by atoms with Gasteiger partial charge in [-0.2, -0.15) is 13.2 Å². The van der Waals surface area contributed by atoms with Crippen LogP contribution in [-0.4, -0.2) is 69.1 Å². The largest absolute Gasteiger partial charge is 0.481 e. The molecule has 2 aromatic heterocycles. The Hall–Kier alpha value is -3.62. The molecule has 0 spiro atoms. The first-order chi connectivity index (χ1) is 19.5. The van der Waals surface area contributed by atoms with Gasteiger partial charge in [-0.15, -0.1) is 0 Å². The zero-order valence-corrected chi connectivity index (χ0v) is 23.5. The van der Waals surface area contributed by atoms with Crippen LogP contribution >= 0.6 is 11.3 Å². The average Bonchev–Trinajstić information content (AvgIpc) is 3.51. The van der Waals surface area contributed by atoms with E-state index in [0.29, 0.717) is 49.3 Å². The number of halogens is 3. The highest BCUT2D eigenvalue weighted by Crippen LogP contribution is 2.38. The van der Waals surface area contributed by atoms with Crippen molar-refractivity contribution in [1.82, 2.24) is 25.2 Å². The number of hydrogen-bond acceptors (Lipinski definition) is 9. The molecule has 0 radical (unpaired) electrons. The molecule has 220 valence electrons. The minimum atomic E-state index is -4.49. The van der Waals surface area contributed by atoms with Gasteiger partial charge in [-0.25, -0.2) is 15.0 Å². The number of nitrogens with zero attached hydrogens (tertiary/aromatic N) is 4. The Bertz CT molecular complexity index is 1370. The Morgan fingerprint density at radius 3 is 2.63 bits per heavy atom. The van der Waals surface area contributed by atoms with E-state index in [-0.39, 0.29) is 22.8 Å². The molecule has 0 aliphatic carbocycles. The summed E-state index contributed by atoms with van der Waals surface area (Å²) in [5.41, 5.74) is 0.225. The first kappa shape index (κ1) is 30.3. The molecule has 14 heteroatoms. The lowest BCUT2D eigenvalue weighted by Gasteiger charge is -2.20. The highest BCUT2D eigenvalue weighted by Gasteiger charge is 2.33. The fourth-order valence-corrected chi connectivity index (χ4v) is 5.53. The van der Waals surface area contributed by atoms with Crippen LogP contribution in [0.2, 0.25) is 0 Å².